The number of nitriles is 1. The van der Waals surface area contributed by atoms with E-state index in [1.807, 2.05) is 50.3 Å². The number of pyridine rings is 1. The molecule has 2 aliphatic rings. The van der Waals surface area contributed by atoms with E-state index in [1.165, 1.54) is 0 Å². The number of likely N-dealkylation sites (N-methyl/N-ethyl adjacent to an activating group) is 1. The fourth-order valence-electron chi connectivity index (χ4n) is 5.91. The van der Waals surface area contributed by atoms with Crippen LogP contribution in [0.5, 0.6) is 17.4 Å². The van der Waals surface area contributed by atoms with Crippen molar-refractivity contribution in [1.29, 1.82) is 5.26 Å². The molecule has 218 valence electrons. The van der Waals surface area contributed by atoms with Crippen molar-refractivity contribution in [1.82, 2.24) is 25.0 Å². The van der Waals surface area contributed by atoms with Crippen LogP contribution >= 0.6 is 0 Å². The van der Waals surface area contributed by atoms with Gasteiger partial charge >= 0.3 is 0 Å². The molecule has 2 aromatic heterocycles. The Morgan fingerprint density at radius 2 is 1.98 bits per heavy atom. The van der Waals surface area contributed by atoms with Crippen molar-refractivity contribution < 1.29 is 18.3 Å². The lowest BCUT2D eigenvalue weighted by atomic mass is 10.1. The van der Waals surface area contributed by atoms with Crippen LogP contribution in [0, 0.1) is 18.3 Å². The molecule has 0 saturated carbocycles. The van der Waals surface area contributed by atoms with Crippen LogP contribution in [0.15, 0.2) is 48.8 Å². The number of nitrogens with one attached hydrogen (secondary N) is 1. The summed E-state index contributed by atoms with van der Waals surface area (Å²) in [7, 11) is 1.66. The molecule has 1 unspecified atom stereocenters. The zero-order chi connectivity index (χ0) is 29.4. The normalized spacial score (nSPS) is 19.2. The number of rotatable bonds is 7. The number of allylic oxidation sites excluding steroid dienone is 1. The first-order valence-corrected chi connectivity index (χ1v) is 14.1. The number of H-pyrrole nitrogens is 1. The van der Waals surface area contributed by atoms with Crippen molar-refractivity contribution in [3.63, 3.8) is 0 Å². The second-order valence-corrected chi connectivity index (χ2v) is 11.0. The van der Waals surface area contributed by atoms with Crippen molar-refractivity contribution in [3.05, 3.63) is 59.9 Å². The number of aromatic nitrogens is 3. The van der Waals surface area contributed by atoms with Gasteiger partial charge in [-0.15, -0.1) is 0 Å². The zero-order valence-electron chi connectivity index (χ0n) is 23.9. The van der Waals surface area contributed by atoms with Crippen LogP contribution in [-0.4, -0.2) is 83.3 Å². The molecule has 4 aromatic rings. The van der Waals surface area contributed by atoms with E-state index in [0.717, 1.165) is 34.9 Å². The summed E-state index contributed by atoms with van der Waals surface area (Å²) in [5, 5.41) is 19.1. The van der Waals surface area contributed by atoms with Gasteiger partial charge < -0.3 is 19.3 Å². The van der Waals surface area contributed by atoms with Gasteiger partial charge in [0.15, 0.2) is 5.75 Å². The smallest absolute Gasteiger partial charge is 0.262 e. The molecule has 11 heteroatoms. The van der Waals surface area contributed by atoms with Gasteiger partial charge in [0, 0.05) is 44.0 Å². The number of nitrogens with zero attached hydrogens (tertiary/aromatic N) is 6. The largest absolute Gasteiger partial charge is 0.475 e. The number of fused-ring (bicyclic) bond motifs is 2. The number of halogens is 2. The van der Waals surface area contributed by atoms with Gasteiger partial charge in [-0.3, -0.25) is 10.00 Å². The fourth-order valence-corrected chi connectivity index (χ4v) is 5.91. The van der Waals surface area contributed by atoms with Gasteiger partial charge in [-0.05, 0) is 44.8 Å². The molecule has 4 heterocycles. The topological polar surface area (TPSA) is 93.5 Å². The standard InChI is InChI=1S/C31H33F2N7O2/c1-4-10-39-11-13-40(14-12-39)28-22-6-5-7-26(42-29-20(2)8-9-25-24(29)17-35-37-25)27(22)36-30(23(28)16-34)41-18-21-15-31(32,33)19-38(21)3/h4-10,17,21H,11-15,18-19H2,1-3H3,(H,35,37). The summed E-state index contributed by atoms with van der Waals surface area (Å²) >= 11 is 0. The first-order chi connectivity index (χ1) is 20.3. The van der Waals surface area contributed by atoms with Crippen LogP contribution in [0.1, 0.15) is 24.5 Å². The number of hydrogen-bond donors (Lipinski definition) is 1. The minimum Gasteiger partial charge on any atom is -0.475 e. The van der Waals surface area contributed by atoms with Gasteiger partial charge in [0.1, 0.15) is 29.5 Å². The lowest BCUT2D eigenvalue weighted by molar-refractivity contribution is 0.0137. The Morgan fingerprint density at radius 1 is 1.17 bits per heavy atom. The highest BCUT2D eigenvalue weighted by Gasteiger charge is 2.43. The summed E-state index contributed by atoms with van der Waals surface area (Å²) in [5.41, 5.74) is 3.31. The lowest BCUT2D eigenvalue weighted by Gasteiger charge is -2.36. The first-order valence-electron chi connectivity index (χ1n) is 14.1. The molecular weight excluding hydrogens is 540 g/mol. The van der Waals surface area contributed by atoms with E-state index in [2.05, 4.69) is 32.3 Å². The van der Waals surface area contributed by atoms with E-state index in [9.17, 15) is 14.0 Å². The molecule has 2 saturated heterocycles. The van der Waals surface area contributed by atoms with Crippen LogP contribution < -0.4 is 14.4 Å². The van der Waals surface area contributed by atoms with Crippen LogP contribution in [0.4, 0.5) is 14.5 Å². The maximum absolute atomic E-state index is 14.1. The Hall–Kier alpha value is -4.43. The van der Waals surface area contributed by atoms with Crippen LogP contribution in [-0.2, 0) is 0 Å². The Balaban J connectivity index is 1.45. The number of aryl methyl sites for hydroxylation is 1. The molecule has 2 fully saturated rings. The molecule has 0 bridgehead atoms. The van der Waals surface area contributed by atoms with Gasteiger partial charge in [0.05, 0.1) is 29.3 Å². The van der Waals surface area contributed by atoms with Crippen molar-refractivity contribution >= 4 is 27.5 Å². The fraction of sp³-hybridized carbons (Fsp3) is 0.387. The number of ether oxygens (including phenoxy) is 2. The number of likely N-dealkylation sites (tertiary alicyclic amines) is 1. The molecule has 0 aliphatic carbocycles. The second kappa shape index (κ2) is 11.1. The second-order valence-electron chi connectivity index (χ2n) is 11.0. The summed E-state index contributed by atoms with van der Waals surface area (Å²) in [6.45, 7) is 6.57. The Kier molecular flexibility index (Phi) is 7.33. The number of hydrogen-bond acceptors (Lipinski definition) is 8. The molecule has 0 radical (unpaired) electrons. The molecule has 2 aliphatic heterocycles. The summed E-state index contributed by atoms with van der Waals surface area (Å²) in [6.07, 6.45) is 5.50. The third kappa shape index (κ3) is 5.18. The van der Waals surface area contributed by atoms with E-state index in [1.54, 1.807) is 18.1 Å². The van der Waals surface area contributed by atoms with E-state index in [4.69, 9.17) is 14.5 Å². The van der Waals surface area contributed by atoms with Crippen molar-refractivity contribution in [2.75, 3.05) is 51.3 Å². The molecule has 42 heavy (non-hydrogen) atoms. The maximum Gasteiger partial charge on any atom is 0.262 e. The van der Waals surface area contributed by atoms with E-state index in [0.29, 0.717) is 41.4 Å². The maximum atomic E-state index is 14.1. The van der Waals surface area contributed by atoms with Gasteiger partial charge in [-0.1, -0.05) is 24.3 Å². The predicted octanol–water partition coefficient (Wildman–Crippen LogP) is 5.46. The average Bonchev–Trinajstić information content (AvgIpc) is 3.56. The third-order valence-electron chi connectivity index (χ3n) is 8.05. The highest BCUT2D eigenvalue weighted by Crippen LogP contribution is 2.42. The molecular formula is C31H33F2N7O2. The summed E-state index contributed by atoms with van der Waals surface area (Å²) < 4.78 is 40.9. The summed E-state index contributed by atoms with van der Waals surface area (Å²) in [4.78, 5) is 10.8. The molecule has 6 rings (SSSR count). The van der Waals surface area contributed by atoms with Gasteiger partial charge in [0.2, 0.25) is 5.88 Å². The zero-order valence-corrected chi connectivity index (χ0v) is 23.9. The highest BCUT2D eigenvalue weighted by molar-refractivity contribution is 5.99. The van der Waals surface area contributed by atoms with Crippen molar-refractivity contribution in [2.45, 2.75) is 32.2 Å². The Labute approximate surface area is 242 Å². The van der Waals surface area contributed by atoms with Gasteiger partial charge in [-0.2, -0.15) is 10.4 Å². The van der Waals surface area contributed by atoms with Crippen molar-refractivity contribution in [2.24, 2.45) is 0 Å². The monoisotopic (exact) mass is 573 g/mol. The Bertz CT molecular complexity index is 1690. The quantitative estimate of drug-likeness (QED) is 0.312. The number of aromatic amines is 1. The average molecular weight is 574 g/mol. The van der Waals surface area contributed by atoms with E-state index in [-0.39, 0.29) is 25.5 Å². The number of piperazine rings is 1. The molecule has 1 N–H and O–H groups in total. The SMILES string of the molecule is CC=CN1CCN(c2c(C#N)c(OCC3CC(F)(F)CN3C)nc3c(Oc4c(C)ccc5[nH]ncc45)cccc23)CC1. The first kappa shape index (κ1) is 27.7. The third-order valence-corrected chi connectivity index (χ3v) is 8.05. The van der Waals surface area contributed by atoms with Gasteiger partial charge in [-0.25, -0.2) is 13.8 Å². The number of alkyl halides is 2. The number of benzene rings is 2. The molecule has 0 amide bonds. The van der Waals surface area contributed by atoms with Gasteiger partial charge in [0.25, 0.3) is 5.92 Å². The van der Waals surface area contributed by atoms with Crippen LogP contribution in [0.25, 0.3) is 21.8 Å². The molecule has 2 aromatic carbocycles. The summed E-state index contributed by atoms with van der Waals surface area (Å²) in [6, 6.07) is 11.4. The molecule has 1 atom stereocenters. The Morgan fingerprint density at radius 3 is 2.69 bits per heavy atom. The predicted molar refractivity (Wildman–Crippen MR) is 157 cm³/mol. The number of para-hydroxylation sites is 1. The lowest BCUT2D eigenvalue weighted by Crippen LogP contribution is -2.44. The number of anilines is 1. The highest BCUT2D eigenvalue weighted by atomic mass is 19.3. The van der Waals surface area contributed by atoms with Crippen LogP contribution in [0.2, 0.25) is 0 Å². The van der Waals surface area contributed by atoms with E-state index >= 15 is 0 Å². The van der Waals surface area contributed by atoms with Crippen molar-refractivity contribution in [3.8, 4) is 23.4 Å². The summed E-state index contributed by atoms with van der Waals surface area (Å²) in [5.74, 6) is -1.51. The van der Waals surface area contributed by atoms with E-state index < -0.39 is 12.0 Å². The minimum absolute atomic E-state index is 0.00967. The minimum atomic E-state index is -2.78. The molecule has 0 spiro atoms. The molecule has 9 nitrogen and oxygen atoms in total. The van der Waals surface area contributed by atoms with Crippen LogP contribution in [0.3, 0.4) is 0 Å².